The Labute approximate surface area is 84.2 Å². The first-order valence-electron chi connectivity index (χ1n) is 5.22. The molecule has 0 aromatic heterocycles. The molecule has 2 rings (SSSR count). The molecule has 0 aromatic carbocycles. The van der Waals surface area contributed by atoms with E-state index in [1.807, 2.05) is 0 Å². The summed E-state index contributed by atoms with van der Waals surface area (Å²) in [5, 5.41) is 1.24. The quantitative estimate of drug-likeness (QED) is 0.601. The number of rotatable bonds is 1. The fourth-order valence-corrected chi connectivity index (χ4v) is 4.39. The fourth-order valence-electron chi connectivity index (χ4n) is 3.47. The lowest BCUT2D eigenvalue weighted by molar-refractivity contribution is 0.189. The SMILES string of the molecule is CC1CC(C)CC2(C1)CC2CBr. The van der Waals surface area contributed by atoms with Gasteiger partial charge in [0, 0.05) is 5.33 Å². The Bertz CT molecular complexity index is 166. The Morgan fingerprint density at radius 1 is 1.17 bits per heavy atom. The van der Waals surface area contributed by atoms with Gasteiger partial charge in [-0.05, 0) is 48.9 Å². The van der Waals surface area contributed by atoms with Crippen LogP contribution in [0.2, 0.25) is 0 Å². The van der Waals surface area contributed by atoms with Crippen LogP contribution >= 0.6 is 15.9 Å². The number of hydrogen-bond acceptors (Lipinski definition) is 0. The van der Waals surface area contributed by atoms with E-state index < -0.39 is 0 Å². The molecule has 0 saturated heterocycles. The lowest BCUT2D eigenvalue weighted by Crippen LogP contribution is -2.22. The van der Waals surface area contributed by atoms with E-state index in [0.29, 0.717) is 0 Å². The topological polar surface area (TPSA) is 0 Å². The van der Waals surface area contributed by atoms with Crippen LogP contribution in [0.4, 0.5) is 0 Å². The first-order valence-corrected chi connectivity index (χ1v) is 6.34. The molecule has 1 heteroatoms. The summed E-state index contributed by atoms with van der Waals surface area (Å²) in [7, 11) is 0. The van der Waals surface area contributed by atoms with E-state index in [1.165, 1.54) is 31.0 Å². The summed E-state index contributed by atoms with van der Waals surface area (Å²) in [6.07, 6.45) is 5.99. The van der Waals surface area contributed by atoms with Crippen LogP contribution in [0.15, 0.2) is 0 Å². The van der Waals surface area contributed by atoms with Crippen LogP contribution in [0.3, 0.4) is 0 Å². The summed E-state index contributed by atoms with van der Waals surface area (Å²) in [6, 6.07) is 0. The smallest absolute Gasteiger partial charge is 0.00651 e. The molecule has 0 nitrogen and oxygen atoms in total. The molecule has 2 fully saturated rings. The molecule has 12 heavy (non-hydrogen) atoms. The molecule has 3 atom stereocenters. The lowest BCUT2D eigenvalue weighted by atomic mass is 9.73. The van der Waals surface area contributed by atoms with Gasteiger partial charge in [-0.2, -0.15) is 0 Å². The molecule has 0 aromatic rings. The molecule has 0 aliphatic heterocycles. The van der Waals surface area contributed by atoms with Crippen molar-refractivity contribution in [3.8, 4) is 0 Å². The molecule has 2 saturated carbocycles. The third kappa shape index (κ3) is 1.45. The molecule has 0 amide bonds. The highest BCUT2D eigenvalue weighted by Crippen LogP contribution is 2.63. The van der Waals surface area contributed by atoms with Crippen LogP contribution in [-0.2, 0) is 0 Å². The molecular weight excluding hydrogens is 212 g/mol. The molecule has 0 N–H and O–H groups in total. The molecule has 0 heterocycles. The molecule has 2 aliphatic carbocycles. The molecule has 3 unspecified atom stereocenters. The van der Waals surface area contributed by atoms with Gasteiger partial charge in [0.05, 0.1) is 0 Å². The summed E-state index contributed by atoms with van der Waals surface area (Å²) < 4.78 is 0. The van der Waals surface area contributed by atoms with Crippen LogP contribution in [-0.4, -0.2) is 5.33 Å². The number of hydrogen-bond donors (Lipinski definition) is 0. The maximum absolute atomic E-state index is 3.63. The second kappa shape index (κ2) is 3.01. The van der Waals surface area contributed by atoms with Crippen molar-refractivity contribution in [1.82, 2.24) is 0 Å². The van der Waals surface area contributed by atoms with E-state index in [2.05, 4.69) is 29.8 Å². The Hall–Kier alpha value is 0.480. The summed E-state index contributed by atoms with van der Waals surface area (Å²) in [5.41, 5.74) is 0.792. The van der Waals surface area contributed by atoms with Crippen LogP contribution in [0.1, 0.15) is 39.5 Å². The monoisotopic (exact) mass is 230 g/mol. The zero-order chi connectivity index (χ0) is 8.77. The first-order chi connectivity index (χ1) is 5.66. The molecule has 70 valence electrons. The second-order valence-corrected chi connectivity index (χ2v) is 5.92. The minimum Gasteiger partial charge on any atom is -0.0925 e. The standard InChI is InChI=1S/C11H19Br/c1-8-3-9(2)5-11(4-8)6-10(11)7-12/h8-10H,3-7H2,1-2H3. The first kappa shape index (κ1) is 9.05. The van der Waals surface area contributed by atoms with Crippen LogP contribution in [0.5, 0.6) is 0 Å². The lowest BCUT2D eigenvalue weighted by Gasteiger charge is -2.32. The number of alkyl halides is 1. The van der Waals surface area contributed by atoms with Gasteiger partial charge in [0.15, 0.2) is 0 Å². The highest BCUT2D eigenvalue weighted by Gasteiger charge is 2.55. The van der Waals surface area contributed by atoms with Crippen molar-refractivity contribution in [2.45, 2.75) is 39.5 Å². The van der Waals surface area contributed by atoms with Gasteiger partial charge in [0.1, 0.15) is 0 Å². The second-order valence-electron chi connectivity index (χ2n) is 5.27. The maximum Gasteiger partial charge on any atom is 0.00651 e. The maximum atomic E-state index is 3.63. The largest absolute Gasteiger partial charge is 0.0925 e. The van der Waals surface area contributed by atoms with Crippen molar-refractivity contribution in [2.75, 3.05) is 5.33 Å². The van der Waals surface area contributed by atoms with E-state index >= 15 is 0 Å². The summed E-state index contributed by atoms with van der Waals surface area (Å²) in [5.74, 6) is 2.98. The van der Waals surface area contributed by atoms with Crippen molar-refractivity contribution in [1.29, 1.82) is 0 Å². The van der Waals surface area contributed by atoms with Crippen molar-refractivity contribution in [2.24, 2.45) is 23.2 Å². The van der Waals surface area contributed by atoms with E-state index in [-0.39, 0.29) is 0 Å². The van der Waals surface area contributed by atoms with Gasteiger partial charge in [-0.1, -0.05) is 29.8 Å². The van der Waals surface area contributed by atoms with Gasteiger partial charge >= 0.3 is 0 Å². The van der Waals surface area contributed by atoms with Gasteiger partial charge in [-0.3, -0.25) is 0 Å². The van der Waals surface area contributed by atoms with E-state index in [4.69, 9.17) is 0 Å². The van der Waals surface area contributed by atoms with Crippen LogP contribution < -0.4 is 0 Å². The summed E-state index contributed by atoms with van der Waals surface area (Å²) in [6.45, 7) is 4.86. The van der Waals surface area contributed by atoms with Gasteiger partial charge in [0.25, 0.3) is 0 Å². The van der Waals surface area contributed by atoms with Crippen LogP contribution in [0, 0.1) is 23.2 Å². The summed E-state index contributed by atoms with van der Waals surface area (Å²) >= 11 is 3.63. The van der Waals surface area contributed by atoms with E-state index in [9.17, 15) is 0 Å². The summed E-state index contributed by atoms with van der Waals surface area (Å²) in [4.78, 5) is 0. The highest BCUT2D eigenvalue weighted by molar-refractivity contribution is 9.09. The normalized spacial score (nSPS) is 52.8. The third-order valence-electron chi connectivity index (χ3n) is 3.86. The Kier molecular flexibility index (Phi) is 2.27. The minimum absolute atomic E-state index is 0.792. The number of halogens is 1. The predicted molar refractivity (Wildman–Crippen MR) is 56.5 cm³/mol. The van der Waals surface area contributed by atoms with Crippen molar-refractivity contribution >= 4 is 15.9 Å². The van der Waals surface area contributed by atoms with Gasteiger partial charge < -0.3 is 0 Å². The molecule has 0 radical (unpaired) electrons. The molecular formula is C11H19Br. The molecule has 0 bridgehead atoms. The molecule has 1 spiro atoms. The predicted octanol–water partition coefficient (Wildman–Crippen LogP) is 3.84. The van der Waals surface area contributed by atoms with Crippen LogP contribution in [0.25, 0.3) is 0 Å². The van der Waals surface area contributed by atoms with Gasteiger partial charge in [0.2, 0.25) is 0 Å². The van der Waals surface area contributed by atoms with Crippen molar-refractivity contribution < 1.29 is 0 Å². The van der Waals surface area contributed by atoms with E-state index in [0.717, 1.165) is 23.2 Å². The fraction of sp³-hybridized carbons (Fsp3) is 1.00. The van der Waals surface area contributed by atoms with Crippen molar-refractivity contribution in [3.63, 3.8) is 0 Å². The van der Waals surface area contributed by atoms with Gasteiger partial charge in [-0.15, -0.1) is 0 Å². The third-order valence-corrected chi connectivity index (χ3v) is 4.64. The highest BCUT2D eigenvalue weighted by atomic mass is 79.9. The zero-order valence-corrected chi connectivity index (χ0v) is 9.73. The Morgan fingerprint density at radius 3 is 2.17 bits per heavy atom. The minimum atomic E-state index is 0.792. The van der Waals surface area contributed by atoms with Gasteiger partial charge in [-0.25, -0.2) is 0 Å². The van der Waals surface area contributed by atoms with E-state index in [1.54, 1.807) is 0 Å². The van der Waals surface area contributed by atoms with Crippen molar-refractivity contribution in [3.05, 3.63) is 0 Å². The average Bonchev–Trinajstić information content (AvgIpc) is 2.59. The zero-order valence-electron chi connectivity index (χ0n) is 8.15. The Balaban J connectivity index is 1.99. The molecule has 2 aliphatic rings. The Morgan fingerprint density at radius 2 is 1.75 bits per heavy atom. The average molecular weight is 231 g/mol.